The number of carboxylic acids is 1. The van der Waals surface area contributed by atoms with E-state index in [1.165, 1.54) is 0 Å². The van der Waals surface area contributed by atoms with Crippen LogP contribution in [0.5, 0.6) is 0 Å². The standard InChI is InChI=1S/C16H23NO4/c1-6-21-16(4,5)9-17-14(18)12-10(2)7-8-11(3)13(12)15(19)20/h7-8H,6,9H2,1-5H3,(H,17,18)(H,19,20). The van der Waals surface area contributed by atoms with Gasteiger partial charge in [-0.1, -0.05) is 12.1 Å². The predicted octanol–water partition coefficient (Wildman–Crippen LogP) is 2.55. The lowest BCUT2D eigenvalue weighted by Crippen LogP contribution is -2.41. The lowest BCUT2D eigenvalue weighted by molar-refractivity contribution is -0.00816. The number of benzene rings is 1. The van der Waals surface area contributed by atoms with Crippen molar-refractivity contribution in [3.05, 3.63) is 34.4 Å². The number of rotatable bonds is 6. The third-order valence-corrected chi connectivity index (χ3v) is 3.27. The number of ether oxygens (including phenoxy) is 1. The van der Waals surface area contributed by atoms with E-state index in [4.69, 9.17) is 4.74 Å². The minimum atomic E-state index is -1.09. The molecular weight excluding hydrogens is 270 g/mol. The van der Waals surface area contributed by atoms with Crippen molar-refractivity contribution >= 4 is 11.9 Å². The molecule has 1 aromatic rings. The summed E-state index contributed by atoms with van der Waals surface area (Å²) < 4.78 is 5.52. The molecule has 0 heterocycles. The number of hydrogen-bond acceptors (Lipinski definition) is 3. The van der Waals surface area contributed by atoms with Crippen molar-refractivity contribution in [2.24, 2.45) is 0 Å². The Morgan fingerprint density at radius 1 is 1.19 bits per heavy atom. The van der Waals surface area contributed by atoms with Crippen LogP contribution in [0.4, 0.5) is 0 Å². The van der Waals surface area contributed by atoms with Gasteiger partial charge in [-0.15, -0.1) is 0 Å². The molecule has 0 aromatic heterocycles. The molecule has 5 heteroatoms. The molecule has 0 spiro atoms. The van der Waals surface area contributed by atoms with Gasteiger partial charge in [0.2, 0.25) is 0 Å². The first-order chi connectivity index (χ1) is 9.69. The first-order valence-electron chi connectivity index (χ1n) is 6.95. The number of nitrogens with one attached hydrogen (secondary N) is 1. The minimum Gasteiger partial charge on any atom is -0.478 e. The van der Waals surface area contributed by atoms with Crippen LogP contribution in [0.1, 0.15) is 52.6 Å². The van der Waals surface area contributed by atoms with Crippen molar-refractivity contribution in [2.45, 2.75) is 40.2 Å². The molecule has 1 aromatic carbocycles. The molecule has 0 aliphatic heterocycles. The van der Waals surface area contributed by atoms with Crippen LogP contribution in [0.2, 0.25) is 0 Å². The summed E-state index contributed by atoms with van der Waals surface area (Å²) >= 11 is 0. The number of amides is 1. The normalized spacial score (nSPS) is 11.3. The zero-order valence-corrected chi connectivity index (χ0v) is 13.2. The Balaban J connectivity index is 3.03. The maximum absolute atomic E-state index is 12.4. The Morgan fingerprint density at radius 3 is 2.19 bits per heavy atom. The van der Waals surface area contributed by atoms with Crippen molar-refractivity contribution in [1.82, 2.24) is 5.32 Å². The molecule has 0 unspecified atom stereocenters. The highest BCUT2D eigenvalue weighted by molar-refractivity contribution is 6.06. The van der Waals surface area contributed by atoms with Gasteiger partial charge in [0.25, 0.3) is 5.91 Å². The minimum absolute atomic E-state index is 0.0571. The summed E-state index contributed by atoms with van der Waals surface area (Å²) in [7, 11) is 0. The lowest BCUT2D eigenvalue weighted by Gasteiger charge is -2.25. The number of carbonyl (C=O) groups is 2. The van der Waals surface area contributed by atoms with Crippen LogP contribution >= 0.6 is 0 Å². The molecule has 5 nitrogen and oxygen atoms in total. The first kappa shape index (κ1) is 17.2. The Bertz CT molecular complexity index is 549. The molecule has 116 valence electrons. The summed E-state index contributed by atoms with van der Waals surface area (Å²) in [5, 5.41) is 12.1. The highest BCUT2D eigenvalue weighted by atomic mass is 16.5. The highest BCUT2D eigenvalue weighted by Gasteiger charge is 2.24. The lowest BCUT2D eigenvalue weighted by atomic mass is 9.96. The van der Waals surface area contributed by atoms with Crippen LogP contribution in [-0.2, 0) is 4.74 Å². The fraction of sp³-hybridized carbons (Fsp3) is 0.500. The van der Waals surface area contributed by atoms with Crippen LogP contribution < -0.4 is 5.32 Å². The average molecular weight is 293 g/mol. The first-order valence-corrected chi connectivity index (χ1v) is 6.95. The summed E-state index contributed by atoms with van der Waals surface area (Å²) in [5.74, 6) is -1.48. The van der Waals surface area contributed by atoms with Gasteiger partial charge >= 0.3 is 5.97 Å². The van der Waals surface area contributed by atoms with Gasteiger partial charge in [0.05, 0.1) is 16.7 Å². The molecular formula is C16H23NO4. The topological polar surface area (TPSA) is 75.6 Å². The number of hydrogen-bond donors (Lipinski definition) is 2. The summed E-state index contributed by atoms with van der Waals surface area (Å²) in [6.07, 6.45) is 0. The largest absolute Gasteiger partial charge is 0.478 e. The van der Waals surface area contributed by atoms with E-state index in [0.717, 1.165) is 0 Å². The third kappa shape index (κ3) is 4.29. The Labute approximate surface area is 125 Å². The van der Waals surface area contributed by atoms with Gasteiger partial charge in [0.15, 0.2) is 0 Å². The highest BCUT2D eigenvalue weighted by Crippen LogP contribution is 2.19. The van der Waals surface area contributed by atoms with Gasteiger partial charge in [0, 0.05) is 13.2 Å². The average Bonchev–Trinajstić information content (AvgIpc) is 2.38. The molecule has 0 atom stereocenters. The molecule has 0 saturated carbocycles. The van der Waals surface area contributed by atoms with Gasteiger partial charge in [-0.25, -0.2) is 4.79 Å². The molecule has 0 aliphatic rings. The van der Waals surface area contributed by atoms with Crippen molar-refractivity contribution in [3.63, 3.8) is 0 Å². The van der Waals surface area contributed by atoms with Gasteiger partial charge in [-0.3, -0.25) is 4.79 Å². The van der Waals surface area contributed by atoms with Gasteiger partial charge in [-0.05, 0) is 45.7 Å². The maximum atomic E-state index is 12.4. The fourth-order valence-corrected chi connectivity index (χ4v) is 2.20. The molecule has 0 saturated heterocycles. The Hall–Kier alpha value is -1.88. The maximum Gasteiger partial charge on any atom is 0.336 e. The molecule has 2 N–H and O–H groups in total. The summed E-state index contributed by atoms with van der Waals surface area (Å²) in [6.45, 7) is 9.91. The molecule has 21 heavy (non-hydrogen) atoms. The van der Waals surface area contributed by atoms with Crippen molar-refractivity contribution < 1.29 is 19.4 Å². The second kappa shape index (κ2) is 6.72. The molecule has 1 amide bonds. The van der Waals surface area contributed by atoms with E-state index in [2.05, 4.69) is 5.32 Å². The SMILES string of the molecule is CCOC(C)(C)CNC(=O)c1c(C)ccc(C)c1C(=O)O. The van der Waals surface area contributed by atoms with E-state index in [1.54, 1.807) is 26.0 Å². The summed E-state index contributed by atoms with van der Waals surface area (Å²) in [6, 6.07) is 3.46. The molecule has 0 aliphatic carbocycles. The third-order valence-electron chi connectivity index (χ3n) is 3.27. The molecule has 0 bridgehead atoms. The van der Waals surface area contributed by atoms with Crippen molar-refractivity contribution in [3.8, 4) is 0 Å². The number of carbonyl (C=O) groups excluding carboxylic acids is 1. The van der Waals surface area contributed by atoms with Gasteiger partial charge < -0.3 is 15.2 Å². The van der Waals surface area contributed by atoms with Crippen molar-refractivity contribution in [2.75, 3.05) is 13.2 Å². The second-order valence-electron chi connectivity index (χ2n) is 5.63. The fourth-order valence-electron chi connectivity index (χ4n) is 2.20. The Kier molecular flexibility index (Phi) is 5.49. The van der Waals surface area contributed by atoms with E-state index < -0.39 is 11.6 Å². The van der Waals surface area contributed by atoms with E-state index in [0.29, 0.717) is 24.3 Å². The summed E-state index contributed by atoms with van der Waals surface area (Å²) in [4.78, 5) is 23.8. The smallest absolute Gasteiger partial charge is 0.336 e. The number of carboxylic acid groups (broad SMARTS) is 1. The van der Waals surface area contributed by atoms with Gasteiger partial charge in [0.1, 0.15) is 0 Å². The predicted molar refractivity (Wildman–Crippen MR) is 80.9 cm³/mol. The Morgan fingerprint density at radius 2 is 1.71 bits per heavy atom. The zero-order chi connectivity index (χ0) is 16.2. The van der Waals surface area contributed by atoms with Crippen LogP contribution in [-0.4, -0.2) is 35.7 Å². The van der Waals surface area contributed by atoms with E-state index in [9.17, 15) is 14.7 Å². The number of aromatic carboxylic acids is 1. The second-order valence-corrected chi connectivity index (χ2v) is 5.63. The van der Waals surface area contributed by atoms with Gasteiger partial charge in [-0.2, -0.15) is 0 Å². The van der Waals surface area contributed by atoms with E-state index in [1.807, 2.05) is 20.8 Å². The van der Waals surface area contributed by atoms with E-state index in [-0.39, 0.29) is 17.0 Å². The van der Waals surface area contributed by atoms with Crippen LogP contribution in [0.15, 0.2) is 12.1 Å². The van der Waals surface area contributed by atoms with Crippen LogP contribution in [0.3, 0.4) is 0 Å². The van der Waals surface area contributed by atoms with Crippen molar-refractivity contribution in [1.29, 1.82) is 0 Å². The molecule has 0 radical (unpaired) electrons. The zero-order valence-electron chi connectivity index (χ0n) is 13.2. The number of aryl methyl sites for hydroxylation is 2. The van der Waals surface area contributed by atoms with E-state index >= 15 is 0 Å². The summed E-state index contributed by atoms with van der Waals surface area (Å²) in [5.41, 5.74) is 0.995. The molecule has 1 rings (SSSR count). The molecule has 0 fully saturated rings. The quantitative estimate of drug-likeness (QED) is 0.845. The van der Waals surface area contributed by atoms with Crippen LogP contribution in [0.25, 0.3) is 0 Å². The van der Waals surface area contributed by atoms with Crippen LogP contribution in [0, 0.1) is 13.8 Å². The monoisotopic (exact) mass is 293 g/mol.